The van der Waals surface area contributed by atoms with Gasteiger partial charge in [0.1, 0.15) is 0 Å². The zero-order valence-corrected chi connectivity index (χ0v) is 13.8. The van der Waals surface area contributed by atoms with Crippen molar-refractivity contribution in [1.82, 2.24) is 4.90 Å². The highest BCUT2D eigenvalue weighted by Gasteiger charge is 2.66. The van der Waals surface area contributed by atoms with Gasteiger partial charge in [0.15, 0.2) is 0 Å². The molecule has 1 saturated heterocycles. The summed E-state index contributed by atoms with van der Waals surface area (Å²) in [5.74, 6) is 1.80. The average Bonchev–Trinajstić information content (AvgIpc) is 3.39. The Morgan fingerprint density at radius 1 is 1.00 bits per heavy atom. The lowest BCUT2D eigenvalue weighted by molar-refractivity contribution is -0.139. The molecular formula is C20H22N2O2. The summed E-state index contributed by atoms with van der Waals surface area (Å²) in [6.07, 6.45) is 6.64. The largest absolute Gasteiger partial charge is 0.367 e. The predicted molar refractivity (Wildman–Crippen MR) is 90.9 cm³/mol. The number of carbonyl (C=O) groups is 2. The smallest absolute Gasteiger partial charge is 0.235 e. The molecule has 4 nitrogen and oxygen atoms in total. The van der Waals surface area contributed by atoms with Crippen molar-refractivity contribution >= 4 is 17.5 Å². The highest BCUT2D eigenvalue weighted by molar-refractivity contribution is 6.06. The lowest BCUT2D eigenvalue weighted by Gasteiger charge is -2.37. The van der Waals surface area contributed by atoms with Crippen LogP contribution in [-0.4, -0.2) is 23.4 Å². The summed E-state index contributed by atoms with van der Waals surface area (Å²) in [4.78, 5) is 27.2. The normalized spacial score (nSPS) is 38.3. The van der Waals surface area contributed by atoms with E-state index in [9.17, 15) is 9.59 Å². The van der Waals surface area contributed by atoms with Gasteiger partial charge in [0, 0.05) is 5.69 Å². The third-order valence-electron chi connectivity index (χ3n) is 6.56. The molecule has 4 aliphatic carbocycles. The second-order valence-electron chi connectivity index (χ2n) is 7.64. The molecule has 24 heavy (non-hydrogen) atoms. The fraction of sp³-hybridized carbons (Fsp3) is 0.500. The van der Waals surface area contributed by atoms with Crippen molar-refractivity contribution in [3.63, 3.8) is 0 Å². The van der Waals surface area contributed by atoms with Gasteiger partial charge in [-0.3, -0.25) is 14.5 Å². The molecule has 4 heteroatoms. The Balaban J connectivity index is 1.33. The van der Waals surface area contributed by atoms with Gasteiger partial charge in [0.2, 0.25) is 11.8 Å². The predicted octanol–water partition coefficient (Wildman–Crippen LogP) is 2.67. The van der Waals surface area contributed by atoms with Crippen molar-refractivity contribution < 1.29 is 9.59 Å². The Hall–Kier alpha value is -2.10. The number of imide groups is 1. The molecular weight excluding hydrogens is 300 g/mol. The summed E-state index contributed by atoms with van der Waals surface area (Å²) < 4.78 is 0. The van der Waals surface area contributed by atoms with E-state index in [4.69, 9.17) is 0 Å². The highest BCUT2D eigenvalue weighted by atomic mass is 16.2. The van der Waals surface area contributed by atoms with Crippen LogP contribution in [0.4, 0.5) is 5.69 Å². The molecule has 0 aromatic heterocycles. The molecule has 6 rings (SSSR count). The number of nitrogens with zero attached hydrogens (tertiary/aromatic N) is 1. The van der Waals surface area contributed by atoms with E-state index in [1.807, 2.05) is 12.1 Å². The van der Waals surface area contributed by atoms with Crippen LogP contribution in [0, 0.1) is 35.5 Å². The molecule has 124 valence electrons. The molecule has 0 unspecified atom stereocenters. The Kier molecular flexibility index (Phi) is 2.94. The van der Waals surface area contributed by atoms with E-state index in [1.54, 1.807) is 0 Å². The summed E-state index contributed by atoms with van der Waals surface area (Å²) in [6.45, 7) is 2.41. The minimum Gasteiger partial charge on any atom is -0.367 e. The number of hydrogen-bond acceptors (Lipinski definition) is 3. The van der Waals surface area contributed by atoms with Gasteiger partial charge >= 0.3 is 0 Å². The number of carbonyl (C=O) groups excluding carboxylic acids is 2. The van der Waals surface area contributed by atoms with Gasteiger partial charge in [-0.2, -0.15) is 0 Å². The fourth-order valence-electron chi connectivity index (χ4n) is 5.20. The van der Waals surface area contributed by atoms with Crippen molar-refractivity contribution in [2.45, 2.75) is 19.8 Å². The maximum atomic E-state index is 12.9. The molecule has 1 aliphatic heterocycles. The Morgan fingerprint density at radius 2 is 1.58 bits per heavy atom. The fourth-order valence-corrected chi connectivity index (χ4v) is 5.20. The van der Waals surface area contributed by atoms with Gasteiger partial charge in [-0.05, 0) is 54.2 Å². The molecule has 6 atom stereocenters. The standard InChI is InChI=1S/C20H22N2O2/c1-2-11-3-5-12(6-4-11)21-10-22-19(23)17-13-7-8-14(16-9-15(13)16)18(17)20(22)24/h3-8,13-18,21H,2,9-10H2,1H3/t13-,14-,15-,16-,17+,18+/m0/s1. The molecule has 1 heterocycles. The number of hydrogen-bond donors (Lipinski definition) is 1. The van der Waals surface area contributed by atoms with Gasteiger partial charge < -0.3 is 5.32 Å². The molecule has 2 amide bonds. The van der Waals surface area contributed by atoms with Gasteiger partial charge in [-0.25, -0.2) is 0 Å². The van der Waals surface area contributed by atoms with Gasteiger partial charge in [-0.15, -0.1) is 0 Å². The van der Waals surface area contributed by atoms with Gasteiger partial charge in [0.25, 0.3) is 0 Å². The third-order valence-corrected chi connectivity index (χ3v) is 6.56. The highest BCUT2D eigenvalue weighted by Crippen LogP contribution is 2.65. The van der Waals surface area contributed by atoms with Crippen molar-refractivity contribution in [3.05, 3.63) is 42.0 Å². The zero-order chi connectivity index (χ0) is 16.4. The second kappa shape index (κ2) is 4.95. The maximum Gasteiger partial charge on any atom is 0.235 e. The van der Waals surface area contributed by atoms with E-state index < -0.39 is 0 Å². The summed E-state index contributed by atoms with van der Waals surface area (Å²) >= 11 is 0. The third kappa shape index (κ3) is 1.86. The molecule has 1 N–H and O–H groups in total. The van der Waals surface area contributed by atoms with Crippen LogP contribution in [0.25, 0.3) is 0 Å². The molecule has 0 radical (unpaired) electrons. The van der Waals surface area contributed by atoms with Crippen molar-refractivity contribution in [2.75, 3.05) is 12.0 Å². The van der Waals surface area contributed by atoms with Gasteiger partial charge in [0.05, 0.1) is 18.5 Å². The van der Waals surface area contributed by atoms with Crippen molar-refractivity contribution in [2.24, 2.45) is 35.5 Å². The first-order chi connectivity index (χ1) is 11.7. The Labute approximate surface area is 141 Å². The minimum absolute atomic E-state index is 0.0346. The number of likely N-dealkylation sites (tertiary alicyclic amines) is 1. The van der Waals surface area contributed by atoms with Crippen LogP contribution in [0.5, 0.6) is 0 Å². The summed E-state index contributed by atoms with van der Waals surface area (Å²) in [5, 5.41) is 3.24. The van der Waals surface area contributed by atoms with Gasteiger partial charge in [-0.1, -0.05) is 31.2 Å². The zero-order valence-electron chi connectivity index (χ0n) is 13.8. The monoisotopic (exact) mass is 322 g/mol. The molecule has 0 spiro atoms. The Bertz CT molecular complexity index is 703. The van der Waals surface area contributed by atoms with Crippen LogP contribution in [0.15, 0.2) is 36.4 Å². The van der Waals surface area contributed by atoms with Crippen LogP contribution < -0.4 is 5.32 Å². The lowest BCUT2D eigenvalue weighted by Crippen LogP contribution is -2.40. The number of aryl methyl sites for hydroxylation is 1. The summed E-state index contributed by atoms with van der Waals surface area (Å²) in [5.41, 5.74) is 2.23. The first kappa shape index (κ1) is 14.3. The first-order valence-corrected chi connectivity index (χ1v) is 9.05. The van der Waals surface area contributed by atoms with Crippen LogP contribution in [-0.2, 0) is 16.0 Å². The quantitative estimate of drug-likeness (QED) is 0.685. The first-order valence-electron chi connectivity index (χ1n) is 9.05. The van der Waals surface area contributed by atoms with E-state index in [0.29, 0.717) is 23.7 Å². The van der Waals surface area contributed by atoms with E-state index in [2.05, 4.69) is 36.5 Å². The number of anilines is 1. The van der Waals surface area contributed by atoms with E-state index in [-0.39, 0.29) is 30.3 Å². The average molecular weight is 322 g/mol. The number of rotatable bonds is 4. The molecule has 2 bridgehead atoms. The van der Waals surface area contributed by atoms with E-state index in [1.165, 1.54) is 16.9 Å². The summed E-state index contributed by atoms with van der Waals surface area (Å²) in [7, 11) is 0. The minimum atomic E-state index is -0.0967. The number of allylic oxidation sites excluding steroid dienone is 2. The van der Waals surface area contributed by atoms with Crippen LogP contribution >= 0.6 is 0 Å². The van der Waals surface area contributed by atoms with Crippen molar-refractivity contribution in [3.8, 4) is 0 Å². The van der Waals surface area contributed by atoms with Crippen LogP contribution in [0.2, 0.25) is 0 Å². The molecule has 5 aliphatic rings. The van der Waals surface area contributed by atoms with Crippen LogP contribution in [0.1, 0.15) is 18.9 Å². The SMILES string of the molecule is CCc1ccc(NCN2C(=O)[C@@H]3[C@H]4C=C[C@@H]([C@@H]5C[C@@H]45)[C@H]3C2=O)cc1. The number of benzene rings is 1. The van der Waals surface area contributed by atoms with Crippen molar-refractivity contribution in [1.29, 1.82) is 0 Å². The Morgan fingerprint density at radius 3 is 2.12 bits per heavy atom. The lowest BCUT2D eigenvalue weighted by atomic mass is 9.63. The maximum absolute atomic E-state index is 12.9. The molecule has 1 aromatic rings. The topological polar surface area (TPSA) is 49.4 Å². The van der Waals surface area contributed by atoms with E-state index in [0.717, 1.165) is 12.1 Å². The van der Waals surface area contributed by atoms with Crippen LogP contribution in [0.3, 0.4) is 0 Å². The van der Waals surface area contributed by atoms with E-state index >= 15 is 0 Å². The second-order valence-corrected chi connectivity index (χ2v) is 7.64. The molecule has 1 aromatic carbocycles. The number of nitrogens with one attached hydrogen (secondary N) is 1. The number of amides is 2. The molecule has 2 saturated carbocycles. The molecule has 3 fully saturated rings. The summed E-state index contributed by atoms with van der Waals surface area (Å²) in [6, 6.07) is 8.18.